The summed E-state index contributed by atoms with van der Waals surface area (Å²) in [5.41, 5.74) is -0.260. The van der Waals surface area contributed by atoms with E-state index in [0.29, 0.717) is 29.9 Å². The van der Waals surface area contributed by atoms with E-state index in [9.17, 15) is 9.59 Å². The topological polar surface area (TPSA) is 62.5 Å². The van der Waals surface area contributed by atoms with Crippen LogP contribution in [0.3, 0.4) is 0 Å². The molecule has 0 bridgehead atoms. The summed E-state index contributed by atoms with van der Waals surface area (Å²) < 4.78 is 13.7. The van der Waals surface area contributed by atoms with Crippen LogP contribution in [0.1, 0.15) is 18.9 Å². The van der Waals surface area contributed by atoms with Crippen LogP contribution in [0.25, 0.3) is 0 Å². The predicted molar refractivity (Wildman–Crippen MR) is 64.0 cm³/mol. The van der Waals surface area contributed by atoms with Gasteiger partial charge in [-0.15, -0.1) is 0 Å². The number of hydrogen-bond donors (Lipinski definition) is 0. The predicted octanol–water partition coefficient (Wildman–Crippen LogP) is 0.375. The van der Waals surface area contributed by atoms with Crippen molar-refractivity contribution in [3.05, 3.63) is 31.0 Å². The van der Waals surface area contributed by atoms with E-state index in [0.717, 1.165) is 4.57 Å². The van der Waals surface area contributed by atoms with Gasteiger partial charge in [0.25, 0.3) is 5.56 Å². The smallest absolute Gasteiger partial charge is 0.331 e. The lowest BCUT2D eigenvalue weighted by molar-refractivity contribution is -0.162. The summed E-state index contributed by atoms with van der Waals surface area (Å²) in [6.07, 6.45) is -0.662. The fourth-order valence-electron chi connectivity index (χ4n) is 1.80. The molecule has 1 aromatic rings. The van der Waals surface area contributed by atoms with Gasteiger partial charge < -0.3 is 9.47 Å². The molecule has 7 heteroatoms. The number of halogens is 1. The summed E-state index contributed by atoms with van der Waals surface area (Å²) in [7, 11) is 1.45. The lowest BCUT2D eigenvalue weighted by Gasteiger charge is -2.27. The van der Waals surface area contributed by atoms with Gasteiger partial charge in [0.15, 0.2) is 0 Å². The van der Waals surface area contributed by atoms with Crippen molar-refractivity contribution < 1.29 is 9.47 Å². The SMILES string of the molecule is CCO[C@@H]1OCCn2c1c(Br)c(=O)n(C)c2=O. The summed E-state index contributed by atoms with van der Waals surface area (Å²) in [5, 5.41) is 0. The molecule has 1 atom stereocenters. The Balaban J connectivity index is 2.69. The number of ether oxygens (including phenoxy) is 2. The highest BCUT2D eigenvalue weighted by Gasteiger charge is 2.27. The summed E-state index contributed by atoms with van der Waals surface area (Å²) in [6, 6.07) is 0. The maximum absolute atomic E-state index is 11.9. The van der Waals surface area contributed by atoms with Crippen LogP contribution in [0, 0.1) is 0 Å². The largest absolute Gasteiger partial charge is 0.347 e. The second-order valence-corrected chi connectivity index (χ2v) is 4.45. The Bertz CT molecular complexity index is 548. The Hall–Kier alpha value is -0.920. The minimum Gasteiger partial charge on any atom is -0.347 e. The van der Waals surface area contributed by atoms with Crippen LogP contribution in [0.5, 0.6) is 0 Å². The van der Waals surface area contributed by atoms with Crippen molar-refractivity contribution in [2.24, 2.45) is 7.05 Å². The standard InChI is InChI=1S/C10H13BrN2O4/c1-3-16-9-7-6(11)8(14)12(2)10(15)13(7)4-5-17-9/h9H,3-5H2,1-2H3/t9-/m1/s1. The van der Waals surface area contributed by atoms with Gasteiger partial charge in [-0.25, -0.2) is 4.79 Å². The van der Waals surface area contributed by atoms with Gasteiger partial charge in [-0.05, 0) is 22.9 Å². The number of aromatic nitrogens is 2. The second-order valence-electron chi connectivity index (χ2n) is 3.66. The Morgan fingerprint density at radius 2 is 2.24 bits per heavy atom. The van der Waals surface area contributed by atoms with Gasteiger partial charge in [0.1, 0.15) is 4.47 Å². The molecule has 0 unspecified atom stereocenters. The normalized spacial score (nSPS) is 19.1. The molecule has 2 rings (SSSR count). The van der Waals surface area contributed by atoms with E-state index in [1.807, 2.05) is 6.92 Å². The number of fused-ring (bicyclic) bond motifs is 1. The Morgan fingerprint density at radius 3 is 2.88 bits per heavy atom. The molecule has 0 aliphatic carbocycles. The first-order valence-corrected chi connectivity index (χ1v) is 6.09. The van der Waals surface area contributed by atoms with Crippen molar-refractivity contribution in [3.8, 4) is 0 Å². The third-order valence-electron chi connectivity index (χ3n) is 2.65. The van der Waals surface area contributed by atoms with Crippen molar-refractivity contribution in [2.75, 3.05) is 13.2 Å². The second kappa shape index (κ2) is 4.75. The monoisotopic (exact) mass is 304 g/mol. The first-order chi connectivity index (χ1) is 8.07. The lowest BCUT2D eigenvalue weighted by atomic mass is 10.3. The van der Waals surface area contributed by atoms with Gasteiger partial charge >= 0.3 is 5.69 Å². The molecular formula is C10H13BrN2O4. The van der Waals surface area contributed by atoms with Crippen LogP contribution in [-0.4, -0.2) is 22.3 Å². The molecule has 0 aromatic carbocycles. The maximum atomic E-state index is 11.9. The molecule has 0 amide bonds. The van der Waals surface area contributed by atoms with Gasteiger partial charge in [0.2, 0.25) is 6.29 Å². The first-order valence-electron chi connectivity index (χ1n) is 5.30. The van der Waals surface area contributed by atoms with Gasteiger partial charge in [-0.2, -0.15) is 0 Å². The molecule has 0 saturated heterocycles. The van der Waals surface area contributed by atoms with Crippen molar-refractivity contribution in [1.82, 2.24) is 9.13 Å². The van der Waals surface area contributed by atoms with E-state index in [-0.39, 0.29) is 11.2 Å². The highest BCUT2D eigenvalue weighted by atomic mass is 79.9. The van der Waals surface area contributed by atoms with Gasteiger partial charge in [0.05, 0.1) is 18.8 Å². The van der Waals surface area contributed by atoms with Gasteiger partial charge in [-0.3, -0.25) is 13.9 Å². The van der Waals surface area contributed by atoms with Crippen LogP contribution in [0.15, 0.2) is 14.1 Å². The summed E-state index contributed by atoms with van der Waals surface area (Å²) in [6.45, 7) is 3.09. The van der Waals surface area contributed by atoms with Gasteiger partial charge in [0, 0.05) is 13.7 Å². The van der Waals surface area contributed by atoms with E-state index < -0.39 is 6.29 Å². The van der Waals surface area contributed by atoms with Crippen molar-refractivity contribution in [2.45, 2.75) is 19.8 Å². The minimum atomic E-state index is -0.662. The third kappa shape index (κ3) is 1.98. The molecule has 0 saturated carbocycles. The fraction of sp³-hybridized carbons (Fsp3) is 0.600. The van der Waals surface area contributed by atoms with Gasteiger partial charge in [-0.1, -0.05) is 0 Å². The lowest BCUT2D eigenvalue weighted by Crippen LogP contribution is -2.44. The molecule has 0 N–H and O–H groups in total. The van der Waals surface area contributed by atoms with Crippen molar-refractivity contribution >= 4 is 15.9 Å². The molecule has 1 aliphatic heterocycles. The number of rotatable bonds is 2. The Labute approximate surface area is 106 Å². The molecule has 6 nitrogen and oxygen atoms in total. The highest BCUT2D eigenvalue weighted by Crippen LogP contribution is 2.26. The van der Waals surface area contributed by atoms with E-state index in [1.165, 1.54) is 11.6 Å². The van der Waals surface area contributed by atoms with Crippen molar-refractivity contribution in [3.63, 3.8) is 0 Å². The van der Waals surface area contributed by atoms with E-state index in [1.54, 1.807) is 0 Å². The Kier molecular flexibility index (Phi) is 3.50. The summed E-state index contributed by atoms with van der Waals surface area (Å²) in [4.78, 5) is 23.7. The van der Waals surface area contributed by atoms with Crippen LogP contribution in [0.4, 0.5) is 0 Å². The quantitative estimate of drug-likeness (QED) is 0.792. The molecule has 1 aromatic heterocycles. The molecule has 94 valence electrons. The Morgan fingerprint density at radius 1 is 1.53 bits per heavy atom. The number of hydrogen-bond acceptors (Lipinski definition) is 4. The van der Waals surface area contributed by atoms with E-state index in [2.05, 4.69) is 15.9 Å². The van der Waals surface area contributed by atoms with Crippen molar-refractivity contribution in [1.29, 1.82) is 0 Å². The zero-order chi connectivity index (χ0) is 12.6. The zero-order valence-corrected chi connectivity index (χ0v) is 11.2. The average molecular weight is 305 g/mol. The molecule has 1 aliphatic rings. The van der Waals surface area contributed by atoms with Crippen LogP contribution in [-0.2, 0) is 23.1 Å². The fourth-order valence-corrected chi connectivity index (χ4v) is 2.47. The third-order valence-corrected chi connectivity index (χ3v) is 3.40. The van der Waals surface area contributed by atoms with E-state index >= 15 is 0 Å². The van der Waals surface area contributed by atoms with Crippen LogP contribution < -0.4 is 11.2 Å². The minimum absolute atomic E-state index is 0.317. The molecule has 17 heavy (non-hydrogen) atoms. The molecular weight excluding hydrogens is 292 g/mol. The van der Waals surface area contributed by atoms with Crippen LogP contribution in [0.2, 0.25) is 0 Å². The first kappa shape index (κ1) is 12.5. The summed E-state index contributed by atoms with van der Waals surface area (Å²) in [5.74, 6) is 0. The average Bonchev–Trinajstić information content (AvgIpc) is 2.34. The molecule has 0 fully saturated rings. The maximum Gasteiger partial charge on any atom is 0.331 e. The molecule has 2 heterocycles. The zero-order valence-electron chi connectivity index (χ0n) is 9.60. The summed E-state index contributed by atoms with van der Waals surface area (Å²) >= 11 is 3.21. The number of nitrogens with zero attached hydrogens (tertiary/aromatic N) is 2. The highest BCUT2D eigenvalue weighted by molar-refractivity contribution is 9.10. The molecule has 0 spiro atoms. The van der Waals surface area contributed by atoms with Crippen LogP contribution >= 0.6 is 15.9 Å². The van der Waals surface area contributed by atoms with E-state index in [4.69, 9.17) is 9.47 Å². The molecule has 0 radical (unpaired) electrons.